The van der Waals surface area contributed by atoms with E-state index in [9.17, 15) is 14.4 Å². The Morgan fingerprint density at radius 1 is 1.27 bits per heavy atom. The number of hydrogen-bond donors (Lipinski definition) is 1. The minimum absolute atomic E-state index is 0.211. The van der Waals surface area contributed by atoms with Crippen LogP contribution in [0.25, 0.3) is 0 Å². The zero-order chi connectivity index (χ0) is 24.4. The summed E-state index contributed by atoms with van der Waals surface area (Å²) in [5.41, 5.74) is -1.75. The van der Waals surface area contributed by atoms with Gasteiger partial charge in [-0.1, -0.05) is 32.8 Å². The van der Waals surface area contributed by atoms with Crippen molar-refractivity contribution >= 4 is 5.97 Å². The van der Waals surface area contributed by atoms with Crippen LogP contribution in [0.15, 0.2) is 28.4 Å². The number of aromatic nitrogens is 2. The monoisotopic (exact) mass is 466 g/mol. The molecule has 9 heteroatoms. The molecule has 1 saturated heterocycles. The molecule has 2 rings (SSSR count). The number of nitrogens with one attached hydrogen (secondary N) is 1. The summed E-state index contributed by atoms with van der Waals surface area (Å²) in [7, 11) is 0. The van der Waals surface area contributed by atoms with E-state index < -0.39 is 41.3 Å². The summed E-state index contributed by atoms with van der Waals surface area (Å²) in [4.78, 5) is 39.0. The smallest absolute Gasteiger partial charge is 0.330 e. The molecule has 186 valence electrons. The highest BCUT2D eigenvalue weighted by Gasteiger charge is 2.58. The van der Waals surface area contributed by atoms with Gasteiger partial charge in [0, 0.05) is 31.9 Å². The van der Waals surface area contributed by atoms with Gasteiger partial charge in [0.1, 0.15) is 11.7 Å². The second-order valence-electron chi connectivity index (χ2n) is 8.50. The maximum atomic E-state index is 12.7. The van der Waals surface area contributed by atoms with Crippen LogP contribution < -0.4 is 11.2 Å². The lowest BCUT2D eigenvalue weighted by atomic mass is 9.90. The molecule has 0 aliphatic carbocycles. The molecule has 0 radical (unpaired) electrons. The molecular weight excluding hydrogens is 428 g/mol. The summed E-state index contributed by atoms with van der Waals surface area (Å²) in [6, 6.07) is 0. The van der Waals surface area contributed by atoms with Gasteiger partial charge in [0.15, 0.2) is 12.3 Å². The van der Waals surface area contributed by atoms with Crippen LogP contribution in [0.5, 0.6) is 0 Å². The van der Waals surface area contributed by atoms with Crippen LogP contribution in [-0.2, 0) is 23.7 Å². The number of esters is 1. The van der Waals surface area contributed by atoms with Gasteiger partial charge in [0.25, 0.3) is 5.56 Å². The van der Waals surface area contributed by atoms with E-state index in [2.05, 4.69) is 25.4 Å². The van der Waals surface area contributed by atoms with E-state index in [1.165, 1.54) is 17.7 Å². The Balaban J connectivity index is 2.55. The summed E-state index contributed by atoms with van der Waals surface area (Å²) in [6.07, 6.45) is 5.41. The van der Waals surface area contributed by atoms with Gasteiger partial charge in [0.05, 0.1) is 6.61 Å². The SMILES string of the molecule is C=CCC[C@]1(COCCCC)O[C@@H](n2cc(C)c(=O)[nH]c2=O)[C@@H](OC(C)=O)C1OCCCC. The van der Waals surface area contributed by atoms with E-state index in [4.69, 9.17) is 18.9 Å². The number of unbranched alkanes of at least 4 members (excludes halogenated alkanes) is 2. The first-order valence-corrected chi connectivity index (χ1v) is 11.8. The predicted octanol–water partition coefficient (Wildman–Crippen LogP) is 3.01. The lowest BCUT2D eigenvalue weighted by Gasteiger charge is -2.34. The zero-order valence-corrected chi connectivity index (χ0v) is 20.3. The van der Waals surface area contributed by atoms with E-state index in [0.29, 0.717) is 31.6 Å². The van der Waals surface area contributed by atoms with E-state index in [1.807, 2.05) is 0 Å². The number of nitrogens with zero attached hydrogens (tertiary/aromatic N) is 1. The first-order valence-electron chi connectivity index (χ1n) is 11.8. The number of allylic oxidation sites excluding steroid dienone is 1. The molecule has 1 unspecified atom stereocenters. The van der Waals surface area contributed by atoms with Crippen LogP contribution in [0.4, 0.5) is 0 Å². The van der Waals surface area contributed by atoms with Crippen molar-refractivity contribution in [1.82, 2.24) is 9.55 Å². The molecule has 1 aliphatic rings. The zero-order valence-electron chi connectivity index (χ0n) is 20.3. The summed E-state index contributed by atoms with van der Waals surface area (Å²) >= 11 is 0. The van der Waals surface area contributed by atoms with E-state index >= 15 is 0 Å². The van der Waals surface area contributed by atoms with E-state index in [1.54, 1.807) is 13.0 Å². The van der Waals surface area contributed by atoms with Gasteiger partial charge < -0.3 is 18.9 Å². The second-order valence-corrected chi connectivity index (χ2v) is 8.50. The number of hydrogen-bond acceptors (Lipinski definition) is 7. The molecule has 33 heavy (non-hydrogen) atoms. The lowest BCUT2D eigenvalue weighted by molar-refractivity contribution is -0.159. The van der Waals surface area contributed by atoms with E-state index in [-0.39, 0.29) is 6.61 Å². The standard InChI is InChI=1S/C24H38N2O7/c1-6-9-12-24(16-30-13-10-7-2)20(31-14-11-8-3)19(32-18(5)27)22(33-24)26-15-17(4)21(28)25-23(26)29/h6,15,19-20,22H,1,7-14,16H2,2-5H3,(H,25,28,29)/t19-,20?,22+,24+/m0/s1. The maximum absolute atomic E-state index is 12.7. The third kappa shape index (κ3) is 6.88. The van der Waals surface area contributed by atoms with Gasteiger partial charge in [-0.25, -0.2) is 4.79 Å². The first-order chi connectivity index (χ1) is 15.8. The minimum atomic E-state index is -0.983. The molecule has 1 fully saturated rings. The highest BCUT2D eigenvalue weighted by atomic mass is 16.6. The molecule has 1 aliphatic heterocycles. The molecule has 1 N–H and O–H groups in total. The van der Waals surface area contributed by atoms with Gasteiger partial charge in [-0.15, -0.1) is 6.58 Å². The predicted molar refractivity (Wildman–Crippen MR) is 124 cm³/mol. The Bertz CT molecular complexity index is 894. The average Bonchev–Trinajstić information content (AvgIpc) is 3.05. The number of carbonyl (C=O) groups is 1. The van der Waals surface area contributed by atoms with Gasteiger partial charge in [-0.05, 0) is 32.6 Å². The molecule has 1 aromatic heterocycles. The van der Waals surface area contributed by atoms with Crippen LogP contribution in [0.1, 0.15) is 71.1 Å². The molecule has 0 bridgehead atoms. The molecular formula is C24H38N2O7. The minimum Gasteiger partial charge on any atom is -0.455 e. The summed E-state index contributed by atoms with van der Waals surface area (Å²) in [5, 5.41) is 0. The van der Waals surface area contributed by atoms with Crippen molar-refractivity contribution in [3.63, 3.8) is 0 Å². The van der Waals surface area contributed by atoms with Gasteiger partial charge in [0.2, 0.25) is 0 Å². The molecule has 1 aromatic rings. The van der Waals surface area contributed by atoms with Gasteiger partial charge >= 0.3 is 11.7 Å². The third-order valence-corrected chi connectivity index (χ3v) is 5.73. The number of ether oxygens (including phenoxy) is 4. The fourth-order valence-corrected chi connectivity index (χ4v) is 3.95. The number of rotatable bonds is 14. The lowest BCUT2D eigenvalue weighted by Crippen LogP contribution is -2.49. The Morgan fingerprint density at radius 2 is 1.97 bits per heavy atom. The van der Waals surface area contributed by atoms with E-state index in [0.717, 1.165) is 25.7 Å². The topological polar surface area (TPSA) is 109 Å². The van der Waals surface area contributed by atoms with Crippen LogP contribution in [0.2, 0.25) is 0 Å². The molecule has 0 aromatic carbocycles. The van der Waals surface area contributed by atoms with Crippen molar-refractivity contribution in [1.29, 1.82) is 0 Å². The van der Waals surface area contributed by atoms with Gasteiger partial charge in [-0.2, -0.15) is 0 Å². The van der Waals surface area contributed by atoms with Crippen molar-refractivity contribution in [3.8, 4) is 0 Å². The molecule has 4 atom stereocenters. The van der Waals surface area contributed by atoms with Crippen molar-refractivity contribution < 1.29 is 23.7 Å². The quantitative estimate of drug-likeness (QED) is 0.255. The van der Waals surface area contributed by atoms with Crippen LogP contribution >= 0.6 is 0 Å². The number of carbonyl (C=O) groups excluding carboxylic acids is 1. The second kappa shape index (κ2) is 12.9. The van der Waals surface area contributed by atoms with Crippen molar-refractivity contribution in [2.24, 2.45) is 0 Å². The molecule has 2 heterocycles. The Labute approximate surface area is 195 Å². The molecule has 0 spiro atoms. The number of aromatic amines is 1. The number of aryl methyl sites for hydroxylation is 1. The van der Waals surface area contributed by atoms with Crippen LogP contribution in [0, 0.1) is 6.92 Å². The van der Waals surface area contributed by atoms with Crippen molar-refractivity contribution in [2.45, 2.75) is 90.3 Å². The highest BCUT2D eigenvalue weighted by Crippen LogP contribution is 2.43. The summed E-state index contributed by atoms with van der Waals surface area (Å²) < 4.78 is 25.7. The Morgan fingerprint density at radius 3 is 2.61 bits per heavy atom. The molecule has 0 saturated carbocycles. The molecule has 9 nitrogen and oxygen atoms in total. The van der Waals surface area contributed by atoms with Crippen LogP contribution in [0.3, 0.4) is 0 Å². The Kier molecular flexibility index (Phi) is 10.5. The fourth-order valence-electron chi connectivity index (χ4n) is 3.95. The average molecular weight is 467 g/mol. The first kappa shape index (κ1) is 27.0. The highest BCUT2D eigenvalue weighted by molar-refractivity contribution is 5.66. The summed E-state index contributed by atoms with van der Waals surface area (Å²) in [5.74, 6) is -0.515. The fraction of sp³-hybridized carbons (Fsp3) is 0.708. The molecule has 0 amide bonds. The maximum Gasteiger partial charge on any atom is 0.330 e. The van der Waals surface area contributed by atoms with Gasteiger partial charge in [-0.3, -0.25) is 19.1 Å². The third-order valence-electron chi connectivity index (χ3n) is 5.73. The summed E-state index contributed by atoms with van der Waals surface area (Å²) in [6.45, 7) is 12.1. The van der Waals surface area contributed by atoms with Crippen molar-refractivity contribution in [2.75, 3.05) is 19.8 Å². The largest absolute Gasteiger partial charge is 0.455 e. The van der Waals surface area contributed by atoms with Crippen LogP contribution in [-0.4, -0.2) is 53.2 Å². The Hall–Kier alpha value is -2.23. The van der Waals surface area contributed by atoms with Crippen molar-refractivity contribution in [3.05, 3.63) is 45.3 Å². The number of H-pyrrole nitrogens is 1. The normalized spacial score (nSPS) is 24.7.